The Kier molecular flexibility index (Phi) is 5.55. The molecule has 0 aliphatic heterocycles. The summed E-state index contributed by atoms with van der Waals surface area (Å²) < 4.78 is 3.16. The molecule has 6 nitrogen and oxygen atoms in total. The highest BCUT2D eigenvalue weighted by molar-refractivity contribution is 6.36. The highest BCUT2D eigenvalue weighted by Gasteiger charge is 2.19. The first-order chi connectivity index (χ1) is 12.3. The van der Waals surface area contributed by atoms with Crippen LogP contribution in [0, 0.1) is 6.92 Å². The lowest BCUT2D eigenvalue weighted by molar-refractivity contribution is -0.119. The molecule has 1 atom stereocenters. The summed E-state index contributed by atoms with van der Waals surface area (Å²) in [7, 11) is 0. The van der Waals surface area contributed by atoms with Crippen molar-refractivity contribution in [3.05, 3.63) is 63.0 Å². The number of aromatic nitrogens is 4. The lowest BCUT2D eigenvalue weighted by Crippen LogP contribution is -2.24. The van der Waals surface area contributed by atoms with Gasteiger partial charge in [0, 0.05) is 28.0 Å². The van der Waals surface area contributed by atoms with Crippen molar-refractivity contribution in [1.82, 2.24) is 19.6 Å². The van der Waals surface area contributed by atoms with Gasteiger partial charge in [-0.3, -0.25) is 14.2 Å². The Morgan fingerprint density at radius 3 is 2.50 bits per heavy atom. The predicted octanol–water partition coefficient (Wildman–Crippen LogP) is 4.60. The highest BCUT2D eigenvalue weighted by Crippen LogP contribution is 2.27. The van der Waals surface area contributed by atoms with Crippen molar-refractivity contribution in [2.45, 2.75) is 26.4 Å². The zero-order valence-electron chi connectivity index (χ0n) is 14.1. The SMILES string of the molecule is Cc1cnn(C(C)C(=O)Nc2nn(Cc3c(Cl)cccc3Cl)cc2Cl)c1. The van der Waals surface area contributed by atoms with Crippen LogP contribution in [-0.4, -0.2) is 25.5 Å². The van der Waals surface area contributed by atoms with E-state index in [-0.39, 0.29) is 11.7 Å². The van der Waals surface area contributed by atoms with E-state index in [1.54, 1.807) is 53.1 Å². The predicted molar refractivity (Wildman–Crippen MR) is 103 cm³/mol. The standard InChI is InChI=1S/C17H16Cl3N5O/c1-10-6-21-25(7-10)11(2)17(26)22-16-15(20)9-24(23-16)8-12-13(18)4-3-5-14(12)19/h3-7,9,11H,8H2,1-2H3,(H,22,23,26). The molecule has 1 aromatic carbocycles. The molecule has 0 fully saturated rings. The minimum Gasteiger partial charge on any atom is -0.306 e. The fourth-order valence-corrected chi connectivity index (χ4v) is 3.11. The monoisotopic (exact) mass is 411 g/mol. The molecule has 2 aromatic heterocycles. The average Bonchev–Trinajstić information content (AvgIpc) is 3.16. The van der Waals surface area contributed by atoms with Gasteiger partial charge in [0.25, 0.3) is 0 Å². The zero-order valence-corrected chi connectivity index (χ0v) is 16.3. The van der Waals surface area contributed by atoms with E-state index in [2.05, 4.69) is 15.5 Å². The molecule has 3 aromatic rings. The Morgan fingerprint density at radius 1 is 1.19 bits per heavy atom. The van der Waals surface area contributed by atoms with Gasteiger partial charge < -0.3 is 5.32 Å². The molecular formula is C17H16Cl3N5O. The van der Waals surface area contributed by atoms with Crippen LogP contribution in [0.3, 0.4) is 0 Å². The maximum Gasteiger partial charge on any atom is 0.250 e. The molecule has 9 heteroatoms. The lowest BCUT2D eigenvalue weighted by atomic mass is 10.2. The summed E-state index contributed by atoms with van der Waals surface area (Å²) in [5.74, 6) is 0.00611. The maximum absolute atomic E-state index is 12.4. The number of amides is 1. The minimum atomic E-state index is -0.497. The smallest absolute Gasteiger partial charge is 0.250 e. The van der Waals surface area contributed by atoms with Crippen molar-refractivity contribution in [2.24, 2.45) is 0 Å². The zero-order chi connectivity index (χ0) is 18.8. The summed E-state index contributed by atoms with van der Waals surface area (Å²) in [5, 5.41) is 12.6. The Balaban J connectivity index is 1.75. The molecule has 3 rings (SSSR count). The highest BCUT2D eigenvalue weighted by atomic mass is 35.5. The molecule has 2 heterocycles. The number of benzene rings is 1. The summed E-state index contributed by atoms with van der Waals surface area (Å²) >= 11 is 18.6. The van der Waals surface area contributed by atoms with Crippen LogP contribution in [0.1, 0.15) is 24.1 Å². The summed E-state index contributed by atoms with van der Waals surface area (Å²) in [6.45, 7) is 3.99. The first kappa shape index (κ1) is 18.8. The Labute approximate surface area is 165 Å². The summed E-state index contributed by atoms with van der Waals surface area (Å²) in [6, 6.07) is 4.78. The van der Waals surface area contributed by atoms with Crippen molar-refractivity contribution in [3.63, 3.8) is 0 Å². The van der Waals surface area contributed by atoms with E-state index in [1.165, 1.54) is 0 Å². The van der Waals surface area contributed by atoms with Crippen LogP contribution in [0.25, 0.3) is 0 Å². The summed E-state index contributed by atoms with van der Waals surface area (Å²) in [5.41, 5.74) is 1.71. The van der Waals surface area contributed by atoms with E-state index < -0.39 is 6.04 Å². The van der Waals surface area contributed by atoms with Gasteiger partial charge in [0.1, 0.15) is 11.1 Å². The number of rotatable bonds is 5. The van der Waals surface area contributed by atoms with Gasteiger partial charge >= 0.3 is 0 Å². The molecule has 0 radical (unpaired) electrons. The molecule has 26 heavy (non-hydrogen) atoms. The van der Waals surface area contributed by atoms with Gasteiger partial charge in [-0.1, -0.05) is 40.9 Å². The van der Waals surface area contributed by atoms with E-state index in [9.17, 15) is 4.79 Å². The number of nitrogens with zero attached hydrogens (tertiary/aromatic N) is 4. The van der Waals surface area contributed by atoms with Crippen LogP contribution in [0.4, 0.5) is 5.82 Å². The molecule has 136 valence electrons. The molecule has 0 spiro atoms. The van der Waals surface area contributed by atoms with Crippen molar-refractivity contribution in [1.29, 1.82) is 0 Å². The summed E-state index contributed by atoms with van der Waals surface area (Å²) in [4.78, 5) is 12.4. The maximum atomic E-state index is 12.4. The van der Waals surface area contributed by atoms with Gasteiger partial charge in [-0.05, 0) is 31.5 Å². The van der Waals surface area contributed by atoms with Gasteiger partial charge in [-0.2, -0.15) is 10.2 Å². The average molecular weight is 413 g/mol. The molecule has 0 saturated heterocycles. The largest absolute Gasteiger partial charge is 0.306 e. The van der Waals surface area contributed by atoms with Crippen LogP contribution >= 0.6 is 34.8 Å². The third-order valence-corrected chi connectivity index (χ3v) is 4.83. The fourth-order valence-electron chi connectivity index (χ4n) is 2.39. The van der Waals surface area contributed by atoms with Gasteiger partial charge in [0.15, 0.2) is 5.82 Å². The lowest BCUT2D eigenvalue weighted by Gasteiger charge is -2.11. The van der Waals surface area contributed by atoms with E-state index >= 15 is 0 Å². The van der Waals surface area contributed by atoms with E-state index in [0.717, 1.165) is 11.1 Å². The number of carbonyl (C=O) groups is 1. The first-order valence-corrected chi connectivity index (χ1v) is 8.96. The van der Waals surface area contributed by atoms with E-state index in [1.807, 2.05) is 6.92 Å². The van der Waals surface area contributed by atoms with Crippen molar-refractivity contribution >= 4 is 46.5 Å². The molecule has 1 N–H and O–H groups in total. The number of anilines is 1. The quantitative estimate of drug-likeness (QED) is 0.666. The molecule has 0 aliphatic carbocycles. The number of hydrogen-bond acceptors (Lipinski definition) is 3. The number of carbonyl (C=O) groups excluding carboxylic acids is 1. The van der Waals surface area contributed by atoms with Crippen LogP contribution < -0.4 is 5.32 Å². The Bertz CT molecular complexity index is 930. The number of halogens is 3. The van der Waals surface area contributed by atoms with Crippen LogP contribution in [0.15, 0.2) is 36.8 Å². The van der Waals surface area contributed by atoms with Crippen molar-refractivity contribution in [3.8, 4) is 0 Å². The normalized spacial score (nSPS) is 12.2. The second-order valence-corrected chi connectivity index (χ2v) is 7.11. The molecule has 0 bridgehead atoms. The van der Waals surface area contributed by atoms with Gasteiger partial charge in [-0.15, -0.1) is 0 Å². The van der Waals surface area contributed by atoms with Gasteiger partial charge in [0.2, 0.25) is 5.91 Å². The Morgan fingerprint density at radius 2 is 1.88 bits per heavy atom. The molecule has 0 aliphatic rings. The second kappa shape index (κ2) is 7.70. The third kappa shape index (κ3) is 4.03. The molecular weight excluding hydrogens is 397 g/mol. The van der Waals surface area contributed by atoms with E-state index in [4.69, 9.17) is 34.8 Å². The fraction of sp³-hybridized carbons (Fsp3) is 0.235. The number of aryl methyl sites for hydroxylation is 1. The van der Waals surface area contributed by atoms with Crippen molar-refractivity contribution < 1.29 is 4.79 Å². The first-order valence-electron chi connectivity index (χ1n) is 7.82. The third-order valence-electron chi connectivity index (χ3n) is 3.85. The second-order valence-electron chi connectivity index (χ2n) is 5.89. The molecule has 1 amide bonds. The Hall–Kier alpha value is -2.02. The number of hydrogen-bond donors (Lipinski definition) is 1. The van der Waals surface area contributed by atoms with Gasteiger partial charge in [-0.25, -0.2) is 0 Å². The summed E-state index contributed by atoms with van der Waals surface area (Å²) in [6.07, 6.45) is 5.10. The molecule has 0 saturated carbocycles. The molecule has 1 unspecified atom stereocenters. The van der Waals surface area contributed by atoms with E-state index in [0.29, 0.717) is 21.6 Å². The number of nitrogens with one attached hydrogen (secondary N) is 1. The van der Waals surface area contributed by atoms with Crippen molar-refractivity contribution in [2.75, 3.05) is 5.32 Å². The van der Waals surface area contributed by atoms with Gasteiger partial charge in [0.05, 0.1) is 12.7 Å². The van der Waals surface area contributed by atoms with Crippen LogP contribution in [0.2, 0.25) is 15.1 Å². The van der Waals surface area contributed by atoms with Crippen LogP contribution in [0.5, 0.6) is 0 Å². The van der Waals surface area contributed by atoms with Crippen LogP contribution in [-0.2, 0) is 11.3 Å². The minimum absolute atomic E-state index is 0.268. The topological polar surface area (TPSA) is 64.7 Å².